The number of aliphatic carboxylic acids is 1. The quantitative estimate of drug-likeness (QED) is 0.296. The summed E-state index contributed by atoms with van der Waals surface area (Å²) in [6, 6.07) is 0. The second kappa shape index (κ2) is 14.2. The molecule has 0 spiro atoms. The standard InChI is InChI=1S/C18H28O4/c1-2-3-11-16(19)13-9-10-14-17(20)12-7-5-4-6-8-15-18(21)22/h9-10,13-14H,2-8,11-12,15H2,1H3,(H,21,22). The van der Waals surface area contributed by atoms with Crippen LogP contribution in [0.15, 0.2) is 24.3 Å². The van der Waals surface area contributed by atoms with Crippen molar-refractivity contribution in [1.82, 2.24) is 0 Å². The van der Waals surface area contributed by atoms with Crippen molar-refractivity contribution in [1.29, 1.82) is 0 Å². The number of carboxylic acids is 1. The molecule has 124 valence electrons. The highest BCUT2D eigenvalue weighted by Crippen LogP contribution is 2.07. The zero-order valence-electron chi connectivity index (χ0n) is 13.6. The van der Waals surface area contributed by atoms with Crippen LogP contribution in [0.25, 0.3) is 0 Å². The summed E-state index contributed by atoms with van der Waals surface area (Å²) in [5.41, 5.74) is 0. The number of unbranched alkanes of at least 4 members (excludes halogenated alkanes) is 5. The van der Waals surface area contributed by atoms with Crippen molar-refractivity contribution in [3.05, 3.63) is 24.3 Å². The average Bonchev–Trinajstić information content (AvgIpc) is 2.48. The molecule has 4 nitrogen and oxygen atoms in total. The first-order valence-corrected chi connectivity index (χ1v) is 8.18. The molecule has 22 heavy (non-hydrogen) atoms. The summed E-state index contributed by atoms with van der Waals surface area (Å²) in [5.74, 6) is -0.585. The van der Waals surface area contributed by atoms with E-state index in [4.69, 9.17) is 5.11 Å². The second-order valence-electron chi connectivity index (χ2n) is 5.42. The fourth-order valence-corrected chi connectivity index (χ4v) is 1.95. The van der Waals surface area contributed by atoms with Gasteiger partial charge < -0.3 is 5.11 Å². The summed E-state index contributed by atoms with van der Waals surface area (Å²) in [7, 11) is 0. The van der Waals surface area contributed by atoms with Crippen molar-refractivity contribution in [2.24, 2.45) is 0 Å². The summed E-state index contributed by atoms with van der Waals surface area (Å²) >= 11 is 0. The van der Waals surface area contributed by atoms with E-state index in [1.54, 1.807) is 12.2 Å². The number of carbonyl (C=O) groups is 3. The number of hydrogen-bond donors (Lipinski definition) is 1. The largest absolute Gasteiger partial charge is 0.481 e. The van der Waals surface area contributed by atoms with Gasteiger partial charge in [-0.05, 0) is 31.4 Å². The molecule has 0 unspecified atom stereocenters. The Morgan fingerprint density at radius 3 is 1.68 bits per heavy atom. The summed E-state index contributed by atoms with van der Waals surface area (Å²) < 4.78 is 0. The first-order chi connectivity index (χ1) is 10.6. The highest BCUT2D eigenvalue weighted by atomic mass is 16.4. The molecule has 0 radical (unpaired) electrons. The van der Waals surface area contributed by atoms with E-state index in [1.807, 2.05) is 6.92 Å². The smallest absolute Gasteiger partial charge is 0.303 e. The Morgan fingerprint density at radius 2 is 1.18 bits per heavy atom. The van der Waals surface area contributed by atoms with E-state index in [0.717, 1.165) is 38.5 Å². The maximum Gasteiger partial charge on any atom is 0.303 e. The molecule has 0 aliphatic heterocycles. The van der Waals surface area contributed by atoms with E-state index in [0.29, 0.717) is 19.3 Å². The third-order valence-electron chi connectivity index (χ3n) is 3.27. The third-order valence-corrected chi connectivity index (χ3v) is 3.27. The lowest BCUT2D eigenvalue weighted by Crippen LogP contribution is -1.94. The number of hydrogen-bond acceptors (Lipinski definition) is 3. The van der Waals surface area contributed by atoms with Crippen LogP contribution in [0.4, 0.5) is 0 Å². The molecule has 0 amide bonds. The molecule has 1 N–H and O–H groups in total. The Kier molecular flexibility index (Phi) is 13.1. The molecule has 0 saturated heterocycles. The molecule has 0 aromatic heterocycles. The number of rotatable bonds is 14. The summed E-state index contributed by atoms with van der Waals surface area (Å²) in [5, 5.41) is 8.49. The number of carboxylic acid groups (broad SMARTS) is 1. The van der Waals surface area contributed by atoms with Gasteiger partial charge in [0, 0.05) is 19.3 Å². The minimum Gasteiger partial charge on any atom is -0.481 e. The molecule has 0 fully saturated rings. The van der Waals surface area contributed by atoms with Gasteiger partial charge in [-0.15, -0.1) is 0 Å². The van der Waals surface area contributed by atoms with Gasteiger partial charge in [-0.2, -0.15) is 0 Å². The molecule has 0 aromatic rings. The van der Waals surface area contributed by atoms with Crippen molar-refractivity contribution in [3.8, 4) is 0 Å². The molecule has 0 aliphatic rings. The van der Waals surface area contributed by atoms with Gasteiger partial charge in [-0.1, -0.05) is 44.8 Å². The van der Waals surface area contributed by atoms with Crippen molar-refractivity contribution >= 4 is 17.5 Å². The van der Waals surface area contributed by atoms with Crippen molar-refractivity contribution < 1.29 is 19.5 Å². The molecule has 0 rings (SSSR count). The molecule has 0 aliphatic carbocycles. The summed E-state index contributed by atoms with van der Waals surface area (Å²) in [4.78, 5) is 33.2. The average molecular weight is 308 g/mol. The molecule has 0 bridgehead atoms. The molecular formula is C18H28O4. The second-order valence-corrected chi connectivity index (χ2v) is 5.42. The topological polar surface area (TPSA) is 71.4 Å². The van der Waals surface area contributed by atoms with Gasteiger partial charge >= 0.3 is 5.97 Å². The highest BCUT2D eigenvalue weighted by molar-refractivity contribution is 5.91. The molecule has 0 aromatic carbocycles. The lowest BCUT2D eigenvalue weighted by atomic mass is 10.1. The molecule has 0 heterocycles. The molecule has 0 atom stereocenters. The van der Waals surface area contributed by atoms with Gasteiger partial charge in [0.05, 0.1) is 0 Å². The van der Waals surface area contributed by atoms with Crippen molar-refractivity contribution in [2.45, 2.75) is 71.1 Å². The Labute approximate surface area is 133 Å². The highest BCUT2D eigenvalue weighted by Gasteiger charge is 1.99. The predicted molar refractivity (Wildman–Crippen MR) is 87.8 cm³/mol. The number of allylic oxidation sites excluding steroid dienone is 4. The number of ketones is 2. The zero-order chi connectivity index (χ0) is 16.6. The van der Waals surface area contributed by atoms with Crippen LogP contribution in [-0.2, 0) is 14.4 Å². The minimum atomic E-state index is -0.749. The maximum atomic E-state index is 11.6. The van der Waals surface area contributed by atoms with Crippen LogP contribution in [0, 0.1) is 0 Å². The fourth-order valence-electron chi connectivity index (χ4n) is 1.95. The summed E-state index contributed by atoms with van der Waals surface area (Å²) in [6.45, 7) is 2.04. The summed E-state index contributed by atoms with van der Waals surface area (Å²) in [6.07, 6.45) is 13.8. The number of carbonyl (C=O) groups excluding carboxylic acids is 2. The van der Waals surface area contributed by atoms with Gasteiger partial charge in [0.15, 0.2) is 11.6 Å². The molecule has 4 heteroatoms. The Morgan fingerprint density at radius 1 is 0.727 bits per heavy atom. The van der Waals surface area contributed by atoms with Crippen LogP contribution in [0.1, 0.15) is 71.1 Å². The monoisotopic (exact) mass is 308 g/mol. The van der Waals surface area contributed by atoms with E-state index in [1.165, 1.54) is 12.2 Å². The van der Waals surface area contributed by atoms with E-state index in [-0.39, 0.29) is 18.0 Å². The van der Waals surface area contributed by atoms with Gasteiger partial charge in [0.2, 0.25) is 0 Å². The lowest BCUT2D eigenvalue weighted by molar-refractivity contribution is -0.137. The fraction of sp³-hybridized carbons (Fsp3) is 0.611. The lowest BCUT2D eigenvalue weighted by Gasteiger charge is -1.98. The van der Waals surface area contributed by atoms with E-state index >= 15 is 0 Å². The van der Waals surface area contributed by atoms with E-state index in [9.17, 15) is 14.4 Å². The van der Waals surface area contributed by atoms with Gasteiger partial charge in [-0.25, -0.2) is 0 Å². The van der Waals surface area contributed by atoms with Crippen molar-refractivity contribution in [2.75, 3.05) is 0 Å². The van der Waals surface area contributed by atoms with Crippen LogP contribution in [0.3, 0.4) is 0 Å². The van der Waals surface area contributed by atoms with Crippen molar-refractivity contribution in [3.63, 3.8) is 0 Å². The SMILES string of the molecule is CCCCC(=O)C=CC=CC(=O)CCCCCCCC(=O)O. The van der Waals surface area contributed by atoms with Crippen LogP contribution in [0.2, 0.25) is 0 Å². The Hall–Kier alpha value is -1.71. The van der Waals surface area contributed by atoms with Crippen LogP contribution >= 0.6 is 0 Å². The van der Waals surface area contributed by atoms with Gasteiger partial charge in [-0.3, -0.25) is 14.4 Å². The molecular weight excluding hydrogens is 280 g/mol. The normalized spacial score (nSPS) is 11.3. The zero-order valence-corrected chi connectivity index (χ0v) is 13.6. The predicted octanol–water partition coefficient (Wildman–Crippen LogP) is 4.24. The molecule has 0 saturated carbocycles. The Bertz CT molecular complexity index is 394. The van der Waals surface area contributed by atoms with E-state index < -0.39 is 5.97 Å². The first kappa shape index (κ1) is 20.3. The maximum absolute atomic E-state index is 11.6. The van der Waals surface area contributed by atoms with Gasteiger partial charge in [0.25, 0.3) is 0 Å². The van der Waals surface area contributed by atoms with Gasteiger partial charge in [0.1, 0.15) is 0 Å². The first-order valence-electron chi connectivity index (χ1n) is 8.18. The van der Waals surface area contributed by atoms with E-state index in [2.05, 4.69) is 0 Å². The van der Waals surface area contributed by atoms with Crippen LogP contribution in [-0.4, -0.2) is 22.6 Å². The third kappa shape index (κ3) is 14.7. The van der Waals surface area contributed by atoms with Crippen LogP contribution in [0.5, 0.6) is 0 Å². The Balaban J connectivity index is 3.60. The minimum absolute atomic E-state index is 0.0659. The van der Waals surface area contributed by atoms with Crippen LogP contribution < -0.4 is 0 Å².